The van der Waals surface area contributed by atoms with E-state index in [9.17, 15) is 4.79 Å². The number of carbonyl (C=O) groups excluding carboxylic acids is 1. The van der Waals surface area contributed by atoms with E-state index in [2.05, 4.69) is 72.2 Å². The summed E-state index contributed by atoms with van der Waals surface area (Å²) in [5, 5.41) is 0. The highest BCUT2D eigenvalue weighted by molar-refractivity contribution is 5.96. The van der Waals surface area contributed by atoms with E-state index in [4.69, 9.17) is 4.74 Å². The van der Waals surface area contributed by atoms with Crippen molar-refractivity contribution in [3.8, 4) is 0 Å². The number of nitrogens with zero attached hydrogens (tertiary/aromatic N) is 2. The quantitative estimate of drug-likeness (QED) is 0.261. The first-order chi connectivity index (χ1) is 18.6. The number of Topliss-reactive ketones (excluding diaryl/α,β-unsaturated/α-hetero) is 1. The van der Waals surface area contributed by atoms with Crippen LogP contribution < -0.4 is 0 Å². The molecule has 0 spiro atoms. The molecule has 206 valence electrons. The van der Waals surface area contributed by atoms with Crippen molar-refractivity contribution in [2.24, 2.45) is 0 Å². The Balaban J connectivity index is 0.00000121. The average Bonchev–Trinajstić information content (AvgIpc) is 2.99. The van der Waals surface area contributed by atoms with Gasteiger partial charge in [-0.15, -0.1) is 0 Å². The molecule has 0 N–H and O–H groups in total. The van der Waals surface area contributed by atoms with Crippen LogP contribution in [-0.2, 0) is 4.74 Å². The molecule has 38 heavy (non-hydrogen) atoms. The average molecular weight is 517 g/mol. The maximum Gasteiger partial charge on any atom is 0.164 e. The SMILES string of the molecule is CC.CC.C[C@@H]1CN(CCOC(c2ccccc2)c2ccccc2)[C@@H](C)CN1CCC(=O)c1ccccc1. The topological polar surface area (TPSA) is 32.8 Å². The van der Waals surface area contributed by atoms with Gasteiger partial charge < -0.3 is 4.74 Å². The number of piperazine rings is 1. The molecule has 0 unspecified atom stereocenters. The number of ether oxygens (including phenoxy) is 1. The van der Waals surface area contributed by atoms with E-state index in [0.717, 1.165) is 31.7 Å². The van der Waals surface area contributed by atoms with Crippen LogP contribution in [0.5, 0.6) is 0 Å². The molecule has 0 aromatic heterocycles. The molecule has 0 radical (unpaired) electrons. The van der Waals surface area contributed by atoms with Gasteiger partial charge in [0, 0.05) is 50.2 Å². The summed E-state index contributed by atoms with van der Waals surface area (Å²) in [6.45, 7) is 16.9. The van der Waals surface area contributed by atoms with Crippen molar-refractivity contribution in [2.75, 3.05) is 32.8 Å². The summed E-state index contributed by atoms with van der Waals surface area (Å²) in [7, 11) is 0. The van der Waals surface area contributed by atoms with Gasteiger partial charge in [-0.1, -0.05) is 119 Å². The van der Waals surface area contributed by atoms with Crippen LogP contribution in [0.4, 0.5) is 0 Å². The smallest absolute Gasteiger partial charge is 0.164 e. The molecule has 1 fully saturated rings. The van der Waals surface area contributed by atoms with Crippen molar-refractivity contribution < 1.29 is 9.53 Å². The second-order valence-corrected chi connectivity index (χ2v) is 9.30. The third-order valence-electron chi connectivity index (χ3n) is 6.83. The lowest BCUT2D eigenvalue weighted by Crippen LogP contribution is -2.57. The Bertz CT molecular complexity index is 971. The minimum Gasteiger partial charge on any atom is -0.367 e. The summed E-state index contributed by atoms with van der Waals surface area (Å²) in [6, 6.07) is 31.4. The van der Waals surface area contributed by atoms with Crippen molar-refractivity contribution in [1.82, 2.24) is 9.80 Å². The normalized spacial score (nSPS) is 17.7. The van der Waals surface area contributed by atoms with Crippen LogP contribution >= 0.6 is 0 Å². The maximum absolute atomic E-state index is 12.5. The molecule has 3 aromatic rings. The third-order valence-corrected chi connectivity index (χ3v) is 6.83. The van der Waals surface area contributed by atoms with E-state index in [1.807, 2.05) is 70.2 Å². The molecular formula is C34H48N2O2. The Kier molecular flexibility index (Phi) is 14.6. The molecule has 0 saturated carbocycles. The van der Waals surface area contributed by atoms with Gasteiger partial charge >= 0.3 is 0 Å². The lowest BCUT2D eigenvalue weighted by molar-refractivity contribution is 0.00689. The zero-order valence-electron chi connectivity index (χ0n) is 24.3. The third kappa shape index (κ3) is 9.50. The molecule has 4 heteroatoms. The van der Waals surface area contributed by atoms with Crippen LogP contribution in [-0.4, -0.2) is 60.5 Å². The highest BCUT2D eigenvalue weighted by Gasteiger charge is 2.29. The number of benzene rings is 3. The minimum atomic E-state index is -0.0552. The van der Waals surface area contributed by atoms with Gasteiger partial charge in [-0.25, -0.2) is 0 Å². The molecule has 2 atom stereocenters. The zero-order valence-corrected chi connectivity index (χ0v) is 24.3. The predicted molar refractivity (Wildman–Crippen MR) is 161 cm³/mol. The van der Waals surface area contributed by atoms with E-state index in [0.29, 0.717) is 25.1 Å². The Morgan fingerprint density at radius 2 is 1.13 bits per heavy atom. The molecular weight excluding hydrogens is 468 g/mol. The zero-order chi connectivity index (χ0) is 27.8. The van der Waals surface area contributed by atoms with E-state index < -0.39 is 0 Å². The van der Waals surface area contributed by atoms with Crippen molar-refractivity contribution in [2.45, 2.75) is 66.2 Å². The van der Waals surface area contributed by atoms with E-state index in [-0.39, 0.29) is 11.9 Å². The van der Waals surface area contributed by atoms with Gasteiger partial charge in [-0.05, 0) is 25.0 Å². The van der Waals surface area contributed by atoms with E-state index >= 15 is 0 Å². The molecule has 4 nitrogen and oxygen atoms in total. The van der Waals surface area contributed by atoms with Gasteiger partial charge in [0.05, 0.1) is 6.61 Å². The van der Waals surface area contributed by atoms with Gasteiger partial charge in [0.15, 0.2) is 5.78 Å². The summed E-state index contributed by atoms with van der Waals surface area (Å²) in [5.74, 6) is 0.226. The molecule has 1 aliphatic rings. The summed E-state index contributed by atoms with van der Waals surface area (Å²) < 4.78 is 6.46. The van der Waals surface area contributed by atoms with Crippen molar-refractivity contribution >= 4 is 5.78 Å². The summed E-state index contributed by atoms with van der Waals surface area (Å²) in [5.41, 5.74) is 3.18. The van der Waals surface area contributed by atoms with Gasteiger partial charge in [0.25, 0.3) is 0 Å². The Hall–Kier alpha value is -2.79. The first-order valence-corrected chi connectivity index (χ1v) is 14.4. The van der Waals surface area contributed by atoms with Crippen LogP contribution in [0.15, 0.2) is 91.0 Å². The van der Waals surface area contributed by atoms with Gasteiger partial charge in [-0.3, -0.25) is 14.6 Å². The summed E-state index contributed by atoms with van der Waals surface area (Å²) in [4.78, 5) is 17.5. The lowest BCUT2D eigenvalue weighted by atomic mass is 10.0. The largest absolute Gasteiger partial charge is 0.367 e. The second-order valence-electron chi connectivity index (χ2n) is 9.30. The molecule has 0 amide bonds. The fourth-order valence-corrected chi connectivity index (χ4v) is 4.83. The number of hydrogen-bond donors (Lipinski definition) is 0. The molecule has 1 heterocycles. The highest BCUT2D eigenvalue weighted by atomic mass is 16.5. The highest BCUT2D eigenvalue weighted by Crippen LogP contribution is 2.26. The number of ketones is 1. The number of carbonyl (C=O) groups is 1. The first kappa shape index (κ1) is 31.4. The Morgan fingerprint density at radius 3 is 1.61 bits per heavy atom. The Morgan fingerprint density at radius 1 is 0.711 bits per heavy atom. The minimum absolute atomic E-state index is 0.0552. The maximum atomic E-state index is 12.5. The molecule has 1 saturated heterocycles. The van der Waals surface area contributed by atoms with E-state index in [1.165, 1.54) is 11.1 Å². The number of rotatable bonds is 10. The summed E-state index contributed by atoms with van der Waals surface area (Å²) in [6.07, 6.45) is 0.514. The van der Waals surface area contributed by atoms with Crippen LogP contribution in [0.3, 0.4) is 0 Å². The number of hydrogen-bond acceptors (Lipinski definition) is 4. The predicted octanol–water partition coefficient (Wildman–Crippen LogP) is 7.51. The molecule has 1 aliphatic heterocycles. The fraction of sp³-hybridized carbons (Fsp3) is 0.441. The second kappa shape index (κ2) is 17.7. The van der Waals surface area contributed by atoms with Crippen molar-refractivity contribution in [3.05, 3.63) is 108 Å². The molecule has 4 rings (SSSR count). The van der Waals surface area contributed by atoms with E-state index in [1.54, 1.807) is 0 Å². The fourth-order valence-electron chi connectivity index (χ4n) is 4.83. The monoisotopic (exact) mass is 516 g/mol. The summed E-state index contributed by atoms with van der Waals surface area (Å²) >= 11 is 0. The Labute approximate surface area is 231 Å². The molecule has 0 bridgehead atoms. The van der Waals surface area contributed by atoms with Gasteiger partial charge in [0.2, 0.25) is 0 Å². The molecule has 0 aliphatic carbocycles. The van der Waals surface area contributed by atoms with Crippen molar-refractivity contribution in [3.63, 3.8) is 0 Å². The first-order valence-electron chi connectivity index (χ1n) is 14.4. The van der Waals surface area contributed by atoms with Gasteiger partial charge in [-0.2, -0.15) is 0 Å². The van der Waals surface area contributed by atoms with Crippen LogP contribution in [0, 0.1) is 0 Å². The van der Waals surface area contributed by atoms with Gasteiger partial charge in [0.1, 0.15) is 6.10 Å². The van der Waals surface area contributed by atoms with Crippen molar-refractivity contribution in [1.29, 1.82) is 0 Å². The van der Waals surface area contributed by atoms with Crippen LogP contribution in [0.2, 0.25) is 0 Å². The lowest BCUT2D eigenvalue weighted by Gasteiger charge is -2.44. The van der Waals surface area contributed by atoms with Crippen LogP contribution in [0.1, 0.15) is 75.6 Å². The van der Waals surface area contributed by atoms with Crippen LogP contribution in [0.25, 0.3) is 0 Å². The molecule has 3 aromatic carbocycles. The standard InChI is InChI=1S/C30H36N2O2.2C2H6/c1-24-23-32(25(2)22-31(24)19-18-29(33)26-12-6-3-7-13-26)20-21-34-30(27-14-8-4-9-15-27)28-16-10-5-11-17-28;2*1-2/h3-17,24-25,30H,18-23H2,1-2H3;2*1-2H3/t24-,25+;;/m1../s1.